The molecule has 104 valence electrons. The lowest BCUT2D eigenvalue weighted by Crippen LogP contribution is -2.30. The van der Waals surface area contributed by atoms with Crippen LogP contribution in [0.1, 0.15) is 12.0 Å². The van der Waals surface area contributed by atoms with Crippen molar-refractivity contribution in [3.05, 3.63) is 69.0 Å². The SMILES string of the molecule is O=c1ccn(C[C@H]2C[C@@]2(CO)c2ccccc2)c(=O)[nH]1. The predicted molar refractivity (Wildman–Crippen MR) is 74.6 cm³/mol. The zero-order valence-corrected chi connectivity index (χ0v) is 11.0. The third-order valence-electron chi connectivity index (χ3n) is 4.18. The van der Waals surface area contributed by atoms with E-state index in [0.29, 0.717) is 6.54 Å². The molecule has 1 aromatic heterocycles. The summed E-state index contributed by atoms with van der Waals surface area (Å²) in [6, 6.07) is 11.2. The summed E-state index contributed by atoms with van der Waals surface area (Å²) in [7, 11) is 0. The van der Waals surface area contributed by atoms with Crippen molar-refractivity contribution in [2.24, 2.45) is 5.92 Å². The van der Waals surface area contributed by atoms with Gasteiger partial charge < -0.3 is 9.67 Å². The lowest BCUT2D eigenvalue weighted by atomic mass is 9.94. The standard InChI is InChI=1S/C15H16N2O3/c18-10-15(11-4-2-1-3-5-11)8-12(15)9-17-7-6-13(19)16-14(17)20/h1-7,12,18H,8-10H2,(H,16,19,20)/t12-,15-/m1/s1. The molecule has 0 aliphatic heterocycles. The minimum Gasteiger partial charge on any atom is -0.395 e. The maximum atomic E-state index is 11.7. The molecule has 1 aromatic carbocycles. The Labute approximate surface area is 115 Å². The lowest BCUT2D eigenvalue weighted by molar-refractivity contribution is 0.241. The van der Waals surface area contributed by atoms with E-state index in [4.69, 9.17) is 0 Å². The lowest BCUT2D eigenvalue weighted by Gasteiger charge is -2.15. The Bertz CT molecular complexity index is 720. The maximum absolute atomic E-state index is 11.7. The summed E-state index contributed by atoms with van der Waals surface area (Å²) >= 11 is 0. The van der Waals surface area contributed by atoms with Crippen LogP contribution < -0.4 is 11.2 Å². The zero-order valence-electron chi connectivity index (χ0n) is 11.0. The first-order valence-corrected chi connectivity index (χ1v) is 6.62. The second-order valence-corrected chi connectivity index (χ2v) is 5.34. The molecule has 20 heavy (non-hydrogen) atoms. The summed E-state index contributed by atoms with van der Waals surface area (Å²) in [6.45, 7) is 0.574. The number of aromatic nitrogens is 2. The van der Waals surface area contributed by atoms with E-state index in [9.17, 15) is 14.7 Å². The molecule has 2 atom stereocenters. The van der Waals surface area contributed by atoms with Crippen molar-refractivity contribution in [1.82, 2.24) is 9.55 Å². The summed E-state index contributed by atoms with van der Waals surface area (Å²) in [6.07, 6.45) is 2.35. The van der Waals surface area contributed by atoms with Crippen molar-refractivity contribution in [3.63, 3.8) is 0 Å². The Kier molecular flexibility index (Phi) is 3.06. The first-order valence-electron chi connectivity index (χ1n) is 6.62. The second-order valence-electron chi connectivity index (χ2n) is 5.34. The van der Waals surface area contributed by atoms with Crippen LogP contribution in [0.4, 0.5) is 0 Å². The molecule has 5 heteroatoms. The van der Waals surface area contributed by atoms with Gasteiger partial charge in [0.1, 0.15) is 0 Å². The van der Waals surface area contributed by atoms with Crippen LogP contribution >= 0.6 is 0 Å². The minimum absolute atomic E-state index is 0.0692. The predicted octanol–water partition coefficient (Wildman–Crippen LogP) is 0.487. The highest BCUT2D eigenvalue weighted by atomic mass is 16.3. The number of aliphatic hydroxyl groups is 1. The summed E-state index contributed by atoms with van der Waals surface area (Å²) in [5.74, 6) is 0.207. The van der Waals surface area contributed by atoms with E-state index in [1.54, 1.807) is 0 Å². The molecule has 1 heterocycles. The normalized spacial score (nSPS) is 24.6. The van der Waals surface area contributed by atoms with Crippen molar-refractivity contribution < 1.29 is 5.11 Å². The summed E-state index contributed by atoms with van der Waals surface area (Å²) in [5.41, 5.74) is 0.0596. The number of nitrogens with one attached hydrogen (secondary N) is 1. The van der Waals surface area contributed by atoms with Gasteiger partial charge in [-0.3, -0.25) is 9.78 Å². The van der Waals surface area contributed by atoms with E-state index < -0.39 is 11.2 Å². The van der Waals surface area contributed by atoms with Crippen molar-refractivity contribution in [1.29, 1.82) is 0 Å². The van der Waals surface area contributed by atoms with Gasteiger partial charge in [0.25, 0.3) is 5.56 Å². The van der Waals surface area contributed by atoms with E-state index in [1.165, 1.54) is 16.8 Å². The molecule has 0 spiro atoms. The fraction of sp³-hybridized carbons (Fsp3) is 0.333. The highest BCUT2D eigenvalue weighted by Gasteiger charge is 2.54. The number of H-pyrrole nitrogens is 1. The van der Waals surface area contributed by atoms with Gasteiger partial charge in [-0.05, 0) is 17.9 Å². The van der Waals surface area contributed by atoms with E-state index in [2.05, 4.69) is 4.98 Å². The third-order valence-corrected chi connectivity index (χ3v) is 4.18. The van der Waals surface area contributed by atoms with E-state index in [0.717, 1.165) is 12.0 Å². The van der Waals surface area contributed by atoms with Gasteiger partial charge in [-0.1, -0.05) is 30.3 Å². The van der Waals surface area contributed by atoms with Crippen LogP contribution in [0, 0.1) is 5.92 Å². The number of rotatable bonds is 4. The summed E-state index contributed by atoms with van der Waals surface area (Å²) < 4.78 is 1.49. The molecule has 0 amide bonds. The molecule has 0 unspecified atom stereocenters. The molecule has 1 fully saturated rings. The van der Waals surface area contributed by atoms with Gasteiger partial charge in [0.15, 0.2) is 0 Å². The smallest absolute Gasteiger partial charge is 0.328 e. The third kappa shape index (κ3) is 2.10. The highest BCUT2D eigenvalue weighted by molar-refractivity contribution is 5.33. The molecule has 0 bridgehead atoms. The molecule has 1 aliphatic carbocycles. The van der Waals surface area contributed by atoms with Gasteiger partial charge in [-0.25, -0.2) is 4.79 Å². The van der Waals surface area contributed by atoms with E-state index in [1.807, 2.05) is 30.3 Å². The molecule has 1 saturated carbocycles. The van der Waals surface area contributed by atoms with Crippen molar-refractivity contribution in [2.45, 2.75) is 18.4 Å². The molecule has 0 saturated heterocycles. The van der Waals surface area contributed by atoms with E-state index >= 15 is 0 Å². The Morgan fingerprint density at radius 3 is 2.65 bits per heavy atom. The fourth-order valence-electron chi connectivity index (χ4n) is 2.85. The summed E-state index contributed by atoms with van der Waals surface area (Å²) in [5, 5.41) is 9.73. The molecule has 3 rings (SSSR count). The number of aromatic amines is 1. The van der Waals surface area contributed by atoms with Crippen LogP contribution in [0.3, 0.4) is 0 Å². The van der Waals surface area contributed by atoms with Crippen LogP contribution in [-0.2, 0) is 12.0 Å². The van der Waals surface area contributed by atoms with Gasteiger partial charge in [0.05, 0.1) is 6.61 Å². The van der Waals surface area contributed by atoms with Crippen LogP contribution in [0.2, 0.25) is 0 Å². The topological polar surface area (TPSA) is 75.1 Å². The molecule has 0 radical (unpaired) electrons. The molecular weight excluding hydrogens is 256 g/mol. The first-order chi connectivity index (χ1) is 9.65. The average Bonchev–Trinajstić information content (AvgIpc) is 3.17. The van der Waals surface area contributed by atoms with Crippen molar-refractivity contribution >= 4 is 0 Å². The Hall–Kier alpha value is -2.14. The number of nitrogens with zero attached hydrogens (tertiary/aromatic N) is 1. The molecular formula is C15H16N2O3. The van der Waals surface area contributed by atoms with Gasteiger partial charge in [0.2, 0.25) is 0 Å². The first kappa shape index (κ1) is 12.9. The molecule has 5 nitrogen and oxygen atoms in total. The number of benzene rings is 1. The monoisotopic (exact) mass is 272 g/mol. The second kappa shape index (κ2) is 4.76. The van der Waals surface area contributed by atoms with Gasteiger partial charge in [-0.15, -0.1) is 0 Å². The number of hydrogen-bond acceptors (Lipinski definition) is 3. The summed E-state index contributed by atoms with van der Waals surface area (Å²) in [4.78, 5) is 25.0. The Balaban J connectivity index is 1.84. The van der Waals surface area contributed by atoms with Gasteiger partial charge >= 0.3 is 5.69 Å². The largest absolute Gasteiger partial charge is 0.395 e. The maximum Gasteiger partial charge on any atom is 0.328 e. The van der Waals surface area contributed by atoms with Crippen LogP contribution in [0.5, 0.6) is 0 Å². The molecule has 2 N–H and O–H groups in total. The highest BCUT2D eigenvalue weighted by Crippen LogP contribution is 2.54. The quantitative estimate of drug-likeness (QED) is 0.850. The average molecular weight is 272 g/mol. The Morgan fingerprint density at radius 2 is 2.00 bits per heavy atom. The minimum atomic E-state index is -0.399. The van der Waals surface area contributed by atoms with Gasteiger partial charge in [0, 0.05) is 24.2 Å². The number of hydrogen-bond donors (Lipinski definition) is 2. The Morgan fingerprint density at radius 1 is 1.25 bits per heavy atom. The molecule has 1 aliphatic rings. The van der Waals surface area contributed by atoms with Gasteiger partial charge in [-0.2, -0.15) is 0 Å². The van der Waals surface area contributed by atoms with E-state index in [-0.39, 0.29) is 17.9 Å². The fourth-order valence-corrected chi connectivity index (χ4v) is 2.85. The molecule has 2 aromatic rings. The van der Waals surface area contributed by atoms with Crippen LogP contribution in [0.25, 0.3) is 0 Å². The number of aliphatic hydroxyl groups excluding tert-OH is 1. The van der Waals surface area contributed by atoms with Crippen LogP contribution in [0.15, 0.2) is 52.2 Å². The van der Waals surface area contributed by atoms with Crippen LogP contribution in [-0.4, -0.2) is 21.3 Å². The van der Waals surface area contributed by atoms with Crippen molar-refractivity contribution in [3.8, 4) is 0 Å². The van der Waals surface area contributed by atoms with Crippen molar-refractivity contribution in [2.75, 3.05) is 6.61 Å². The zero-order chi connectivity index (χ0) is 14.2.